The number of ether oxygens (including phenoxy) is 1. The maximum atomic E-state index is 12.7. The van der Waals surface area contributed by atoms with Crippen molar-refractivity contribution in [2.75, 3.05) is 33.3 Å². The number of piperazine rings is 1. The standard InChI is InChI=1S/C12H18N2O5S.ClH/c1-8-10(12(15)18-3)11(9(2)19-8)20(16,17)14-6-4-13-5-7-14;/h13H,4-7H2,1-3H3;1H. The average Bonchev–Trinajstić information content (AvgIpc) is 2.74. The Balaban J connectivity index is 0.00000220. The molecule has 0 atom stereocenters. The maximum absolute atomic E-state index is 12.7. The molecule has 0 bridgehead atoms. The van der Waals surface area contributed by atoms with Gasteiger partial charge in [-0.15, -0.1) is 12.4 Å². The van der Waals surface area contributed by atoms with Crippen LogP contribution in [0.2, 0.25) is 0 Å². The Hall–Kier alpha value is -1.09. The van der Waals surface area contributed by atoms with Gasteiger partial charge in [-0.3, -0.25) is 0 Å². The predicted molar refractivity (Wildman–Crippen MR) is 78.4 cm³/mol. The summed E-state index contributed by atoms with van der Waals surface area (Å²) in [5.74, 6) is -0.238. The number of rotatable bonds is 3. The van der Waals surface area contributed by atoms with Crippen LogP contribution in [0.15, 0.2) is 9.31 Å². The maximum Gasteiger partial charge on any atom is 0.342 e. The molecule has 7 nitrogen and oxygen atoms in total. The highest BCUT2D eigenvalue weighted by Gasteiger charge is 2.36. The molecular weight excluding hydrogens is 320 g/mol. The van der Waals surface area contributed by atoms with Gasteiger partial charge in [0.15, 0.2) is 0 Å². The third kappa shape index (κ3) is 3.23. The van der Waals surface area contributed by atoms with Gasteiger partial charge in [0.2, 0.25) is 10.0 Å². The zero-order valence-electron chi connectivity index (χ0n) is 12.1. The van der Waals surface area contributed by atoms with Crippen molar-refractivity contribution in [1.82, 2.24) is 9.62 Å². The molecule has 0 radical (unpaired) electrons. The van der Waals surface area contributed by atoms with Gasteiger partial charge in [0, 0.05) is 26.2 Å². The number of nitrogens with one attached hydrogen (secondary N) is 1. The summed E-state index contributed by atoms with van der Waals surface area (Å²) in [6.07, 6.45) is 0. The third-order valence-corrected chi connectivity index (χ3v) is 5.32. The van der Waals surface area contributed by atoms with E-state index in [4.69, 9.17) is 4.42 Å². The lowest BCUT2D eigenvalue weighted by Gasteiger charge is -2.26. The number of carbonyl (C=O) groups excluding carboxylic acids is 1. The molecule has 1 aliphatic rings. The Labute approximate surface area is 130 Å². The number of hydrogen-bond donors (Lipinski definition) is 1. The summed E-state index contributed by atoms with van der Waals surface area (Å²) >= 11 is 0. The molecule has 0 saturated carbocycles. The molecule has 0 amide bonds. The highest BCUT2D eigenvalue weighted by Crippen LogP contribution is 2.29. The lowest BCUT2D eigenvalue weighted by atomic mass is 10.2. The van der Waals surface area contributed by atoms with Crippen LogP contribution in [0.1, 0.15) is 21.9 Å². The minimum absolute atomic E-state index is 0. The van der Waals surface area contributed by atoms with Crippen molar-refractivity contribution in [3.8, 4) is 0 Å². The van der Waals surface area contributed by atoms with E-state index in [-0.39, 0.29) is 34.4 Å². The first-order valence-electron chi connectivity index (χ1n) is 6.28. The van der Waals surface area contributed by atoms with E-state index in [1.807, 2.05) is 0 Å². The van der Waals surface area contributed by atoms with Crippen LogP contribution in [0.3, 0.4) is 0 Å². The van der Waals surface area contributed by atoms with Crippen LogP contribution in [0, 0.1) is 13.8 Å². The molecular formula is C12H19ClN2O5S. The molecule has 1 aromatic rings. The highest BCUT2D eigenvalue weighted by molar-refractivity contribution is 7.89. The lowest BCUT2D eigenvalue weighted by Crippen LogP contribution is -2.46. The van der Waals surface area contributed by atoms with Crippen molar-refractivity contribution in [2.45, 2.75) is 18.7 Å². The fourth-order valence-corrected chi connectivity index (χ4v) is 4.14. The first-order chi connectivity index (χ1) is 9.39. The Morgan fingerprint density at radius 2 is 1.81 bits per heavy atom. The second-order valence-electron chi connectivity index (χ2n) is 4.56. The summed E-state index contributed by atoms with van der Waals surface area (Å²) in [7, 11) is -2.55. The topological polar surface area (TPSA) is 88.8 Å². The molecule has 21 heavy (non-hydrogen) atoms. The third-order valence-electron chi connectivity index (χ3n) is 3.27. The van der Waals surface area contributed by atoms with Crippen LogP contribution in [0.25, 0.3) is 0 Å². The quantitative estimate of drug-likeness (QED) is 0.816. The van der Waals surface area contributed by atoms with Crippen LogP contribution in [-0.2, 0) is 14.8 Å². The van der Waals surface area contributed by atoms with E-state index in [1.165, 1.54) is 18.3 Å². The van der Waals surface area contributed by atoms with Crippen LogP contribution in [0.4, 0.5) is 0 Å². The number of hydrogen-bond acceptors (Lipinski definition) is 6. The number of sulfonamides is 1. The van der Waals surface area contributed by atoms with Gasteiger partial charge in [-0.05, 0) is 13.8 Å². The van der Waals surface area contributed by atoms with Gasteiger partial charge in [0.25, 0.3) is 0 Å². The highest BCUT2D eigenvalue weighted by atomic mass is 35.5. The van der Waals surface area contributed by atoms with Crippen LogP contribution in [-0.4, -0.2) is 52.0 Å². The summed E-state index contributed by atoms with van der Waals surface area (Å²) in [4.78, 5) is 11.7. The van der Waals surface area contributed by atoms with Gasteiger partial charge < -0.3 is 14.5 Å². The molecule has 0 spiro atoms. The first kappa shape index (κ1) is 18.0. The van der Waals surface area contributed by atoms with Crippen molar-refractivity contribution in [2.24, 2.45) is 0 Å². The summed E-state index contributed by atoms with van der Waals surface area (Å²) < 4.78 is 36.7. The summed E-state index contributed by atoms with van der Waals surface area (Å²) in [5.41, 5.74) is -0.0106. The number of aryl methyl sites for hydroxylation is 2. The van der Waals surface area contributed by atoms with E-state index in [0.29, 0.717) is 26.2 Å². The van der Waals surface area contributed by atoms with E-state index >= 15 is 0 Å². The number of furan rings is 1. The largest absolute Gasteiger partial charge is 0.465 e. The Kier molecular flexibility index (Phi) is 5.80. The zero-order chi connectivity index (χ0) is 14.9. The number of esters is 1. The number of nitrogens with zero attached hydrogens (tertiary/aromatic N) is 1. The molecule has 0 aliphatic carbocycles. The predicted octanol–water partition coefficient (Wildman–Crippen LogP) is 0.699. The van der Waals surface area contributed by atoms with Crippen molar-refractivity contribution >= 4 is 28.4 Å². The molecule has 2 rings (SSSR count). The van der Waals surface area contributed by atoms with E-state index < -0.39 is 16.0 Å². The summed E-state index contributed by atoms with van der Waals surface area (Å²) in [6.45, 7) is 5.00. The second-order valence-corrected chi connectivity index (χ2v) is 6.44. The molecule has 1 fully saturated rings. The van der Waals surface area contributed by atoms with E-state index in [2.05, 4.69) is 10.1 Å². The molecule has 0 aromatic carbocycles. The van der Waals surface area contributed by atoms with Crippen LogP contribution in [0.5, 0.6) is 0 Å². The molecule has 1 aromatic heterocycles. The monoisotopic (exact) mass is 338 g/mol. The van der Waals surface area contributed by atoms with E-state index in [0.717, 1.165) is 0 Å². The van der Waals surface area contributed by atoms with Gasteiger partial charge in [0.05, 0.1) is 7.11 Å². The second kappa shape index (κ2) is 6.78. The van der Waals surface area contributed by atoms with Crippen molar-refractivity contribution in [3.63, 3.8) is 0 Å². The average molecular weight is 339 g/mol. The fourth-order valence-electron chi connectivity index (χ4n) is 2.33. The lowest BCUT2D eigenvalue weighted by molar-refractivity contribution is 0.0594. The summed E-state index contributed by atoms with van der Waals surface area (Å²) in [6, 6.07) is 0. The molecule has 1 N–H and O–H groups in total. The van der Waals surface area contributed by atoms with Crippen molar-refractivity contribution in [3.05, 3.63) is 17.1 Å². The van der Waals surface area contributed by atoms with E-state index in [9.17, 15) is 13.2 Å². The molecule has 2 heterocycles. The number of halogens is 1. The fraction of sp³-hybridized carbons (Fsp3) is 0.583. The van der Waals surface area contributed by atoms with Gasteiger partial charge in [-0.1, -0.05) is 0 Å². The van der Waals surface area contributed by atoms with Gasteiger partial charge in [-0.2, -0.15) is 4.31 Å². The smallest absolute Gasteiger partial charge is 0.342 e. The van der Waals surface area contributed by atoms with Crippen molar-refractivity contribution < 1.29 is 22.4 Å². The summed E-state index contributed by atoms with van der Waals surface area (Å²) in [5, 5.41) is 3.09. The van der Waals surface area contributed by atoms with Gasteiger partial charge in [-0.25, -0.2) is 13.2 Å². The van der Waals surface area contributed by atoms with Gasteiger partial charge >= 0.3 is 5.97 Å². The normalized spacial score (nSPS) is 16.3. The minimum atomic E-state index is -3.76. The zero-order valence-corrected chi connectivity index (χ0v) is 13.8. The Morgan fingerprint density at radius 1 is 1.24 bits per heavy atom. The number of methoxy groups -OCH3 is 1. The molecule has 1 aliphatic heterocycles. The number of carbonyl (C=O) groups is 1. The van der Waals surface area contributed by atoms with Gasteiger partial charge in [0.1, 0.15) is 22.0 Å². The molecule has 0 unspecified atom stereocenters. The minimum Gasteiger partial charge on any atom is -0.465 e. The molecule has 1 saturated heterocycles. The Bertz CT molecular complexity index is 620. The van der Waals surface area contributed by atoms with Crippen LogP contribution >= 0.6 is 12.4 Å². The van der Waals surface area contributed by atoms with E-state index in [1.54, 1.807) is 6.92 Å². The first-order valence-corrected chi connectivity index (χ1v) is 7.72. The Morgan fingerprint density at radius 3 is 2.33 bits per heavy atom. The van der Waals surface area contributed by atoms with Crippen molar-refractivity contribution in [1.29, 1.82) is 0 Å². The van der Waals surface area contributed by atoms with Crippen LogP contribution < -0.4 is 5.32 Å². The molecule has 9 heteroatoms. The SMILES string of the molecule is COC(=O)c1c(C)oc(C)c1S(=O)(=O)N1CCNCC1.Cl. The molecule has 120 valence electrons.